The monoisotopic (exact) mass is 410 g/mol. The Labute approximate surface area is 172 Å². The normalized spacial score (nSPS) is 11.9. The molecule has 4 aromatic rings. The minimum atomic E-state index is 0.108. The van der Waals surface area contributed by atoms with Gasteiger partial charge in [0, 0.05) is 17.5 Å². The Kier molecular flexibility index (Phi) is 5.23. The highest BCUT2D eigenvalue weighted by molar-refractivity contribution is 7.98. The molecule has 0 aliphatic rings. The number of nitrogens with zero attached hydrogens (tertiary/aromatic N) is 6. The molecule has 0 radical (unpaired) electrons. The van der Waals surface area contributed by atoms with Crippen LogP contribution in [0.5, 0.6) is 0 Å². The number of thioether (sulfide) groups is 1. The summed E-state index contributed by atoms with van der Waals surface area (Å²) in [6.07, 6.45) is 1.74. The standard InChI is InChI=1S/C20H22N6O2S/c1-13-9-10-21-26(13)11-16-23-24-19(27-16)29-12-17-22-18(25-28-17)14-5-7-15(8-6-14)20(2,3)4/h5-10H,11-12H2,1-4H3. The van der Waals surface area contributed by atoms with Crippen molar-refractivity contribution in [3.8, 4) is 11.4 Å². The highest BCUT2D eigenvalue weighted by atomic mass is 32.2. The van der Waals surface area contributed by atoms with E-state index in [9.17, 15) is 0 Å². The van der Waals surface area contributed by atoms with Crippen LogP contribution in [0.4, 0.5) is 0 Å². The van der Waals surface area contributed by atoms with Crippen molar-refractivity contribution < 1.29 is 8.94 Å². The Bertz CT molecular complexity index is 1090. The van der Waals surface area contributed by atoms with E-state index >= 15 is 0 Å². The number of rotatable bonds is 6. The Hall–Kier alpha value is -2.94. The highest BCUT2D eigenvalue weighted by Gasteiger charge is 2.15. The highest BCUT2D eigenvalue weighted by Crippen LogP contribution is 2.26. The van der Waals surface area contributed by atoms with Crippen LogP contribution < -0.4 is 0 Å². The Morgan fingerprint density at radius 3 is 2.52 bits per heavy atom. The van der Waals surface area contributed by atoms with Crippen LogP contribution in [0, 0.1) is 6.92 Å². The van der Waals surface area contributed by atoms with Crippen LogP contribution in [0.15, 0.2) is 50.7 Å². The van der Waals surface area contributed by atoms with E-state index in [1.54, 1.807) is 10.9 Å². The maximum Gasteiger partial charge on any atom is 0.277 e. The average Bonchev–Trinajstić information content (AvgIpc) is 3.42. The molecule has 9 heteroatoms. The molecule has 4 rings (SSSR count). The summed E-state index contributed by atoms with van der Waals surface area (Å²) in [5.74, 6) is 2.04. The third kappa shape index (κ3) is 4.56. The lowest BCUT2D eigenvalue weighted by molar-refractivity contribution is 0.386. The van der Waals surface area contributed by atoms with Crippen molar-refractivity contribution in [2.24, 2.45) is 0 Å². The summed E-state index contributed by atoms with van der Waals surface area (Å²) in [5.41, 5.74) is 3.33. The number of benzene rings is 1. The van der Waals surface area contributed by atoms with Crippen molar-refractivity contribution >= 4 is 11.8 Å². The second-order valence-electron chi connectivity index (χ2n) is 7.72. The molecule has 3 heterocycles. The molecule has 0 fully saturated rings. The molecule has 29 heavy (non-hydrogen) atoms. The second kappa shape index (κ2) is 7.82. The van der Waals surface area contributed by atoms with Crippen molar-refractivity contribution in [2.75, 3.05) is 0 Å². The van der Waals surface area contributed by atoms with E-state index in [4.69, 9.17) is 8.94 Å². The molecule has 0 atom stereocenters. The van der Waals surface area contributed by atoms with Crippen LogP contribution in [0.1, 0.15) is 43.8 Å². The Morgan fingerprint density at radius 2 is 1.83 bits per heavy atom. The smallest absolute Gasteiger partial charge is 0.277 e. The number of hydrogen-bond donors (Lipinski definition) is 0. The van der Waals surface area contributed by atoms with Crippen molar-refractivity contribution in [1.82, 2.24) is 30.1 Å². The lowest BCUT2D eigenvalue weighted by atomic mass is 9.87. The third-order valence-electron chi connectivity index (χ3n) is 4.46. The zero-order chi connectivity index (χ0) is 20.4. The number of hydrogen-bond acceptors (Lipinski definition) is 8. The predicted octanol–water partition coefficient (Wildman–Crippen LogP) is 4.26. The van der Waals surface area contributed by atoms with Crippen molar-refractivity contribution in [3.63, 3.8) is 0 Å². The van der Waals surface area contributed by atoms with E-state index in [0.717, 1.165) is 11.3 Å². The van der Waals surface area contributed by atoms with E-state index in [1.165, 1.54) is 17.3 Å². The fourth-order valence-corrected chi connectivity index (χ4v) is 3.34. The summed E-state index contributed by atoms with van der Waals surface area (Å²) >= 11 is 1.36. The fourth-order valence-electron chi connectivity index (χ4n) is 2.73. The van der Waals surface area contributed by atoms with Gasteiger partial charge in [0.2, 0.25) is 17.6 Å². The van der Waals surface area contributed by atoms with Gasteiger partial charge in [-0.25, -0.2) is 0 Å². The van der Waals surface area contributed by atoms with Gasteiger partial charge in [-0.05, 0) is 24.0 Å². The molecule has 8 nitrogen and oxygen atoms in total. The van der Waals surface area contributed by atoms with Gasteiger partial charge in [0.1, 0.15) is 6.54 Å². The van der Waals surface area contributed by atoms with Crippen LogP contribution in [0.2, 0.25) is 0 Å². The van der Waals surface area contributed by atoms with Gasteiger partial charge in [-0.2, -0.15) is 10.1 Å². The minimum absolute atomic E-state index is 0.108. The van der Waals surface area contributed by atoms with E-state index in [1.807, 2.05) is 25.1 Å². The van der Waals surface area contributed by atoms with Gasteiger partial charge < -0.3 is 8.94 Å². The topological polar surface area (TPSA) is 95.7 Å². The molecule has 150 valence electrons. The largest absolute Gasteiger partial charge is 0.414 e. The molecule has 0 aliphatic carbocycles. The van der Waals surface area contributed by atoms with E-state index in [-0.39, 0.29) is 5.41 Å². The van der Waals surface area contributed by atoms with Gasteiger partial charge in [0.25, 0.3) is 5.22 Å². The maximum atomic E-state index is 5.66. The predicted molar refractivity (Wildman–Crippen MR) is 108 cm³/mol. The first-order chi connectivity index (χ1) is 13.9. The Morgan fingerprint density at radius 1 is 1.03 bits per heavy atom. The summed E-state index contributed by atoms with van der Waals surface area (Å²) in [6, 6.07) is 10.2. The van der Waals surface area contributed by atoms with Crippen molar-refractivity contribution in [2.45, 2.75) is 50.6 Å². The zero-order valence-corrected chi connectivity index (χ0v) is 17.6. The zero-order valence-electron chi connectivity index (χ0n) is 16.8. The van der Waals surface area contributed by atoms with Gasteiger partial charge in [-0.3, -0.25) is 4.68 Å². The molecule has 0 unspecified atom stereocenters. The van der Waals surface area contributed by atoms with E-state index in [2.05, 4.69) is 58.3 Å². The van der Waals surface area contributed by atoms with Crippen LogP contribution in [-0.2, 0) is 17.7 Å². The summed E-state index contributed by atoms with van der Waals surface area (Å²) in [4.78, 5) is 4.46. The van der Waals surface area contributed by atoms with E-state index < -0.39 is 0 Å². The molecule has 1 aromatic carbocycles. The summed E-state index contributed by atoms with van der Waals surface area (Å²) in [6.45, 7) is 8.98. The van der Waals surface area contributed by atoms with Crippen LogP contribution >= 0.6 is 11.8 Å². The van der Waals surface area contributed by atoms with Crippen LogP contribution in [0.3, 0.4) is 0 Å². The first kappa shape index (κ1) is 19.4. The van der Waals surface area contributed by atoms with Crippen LogP contribution in [-0.4, -0.2) is 30.1 Å². The van der Waals surface area contributed by atoms with Gasteiger partial charge in [0.15, 0.2) is 0 Å². The van der Waals surface area contributed by atoms with E-state index in [0.29, 0.717) is 35.1 Å². The minimum Gasteiger partial charge on any atom is -0.414 e. The Balaban J connectivity index is 1.37. The summed E-state index contributed by atoms with van der Waals surface area (Å²) in [5, 5.41) is 16.9. The summed E-state index contributed by atoms with van der Waals surface area (Å²) in [7, 11) is 0. The average molecular weight is 411 g/mol. The van der Waals surface area contributed by atoms with Crippen LogP contribution in [0.25, 0.3) is 11.4 Å². The number of aryl methyl sites for hydroxylation is 1. The molecule has 0 saturated heterocycles. The first-order valence-corrected chi connectivity index (χ1v) is 10.2. The first-order valence-electron chi connectivity index (χ1n) is 9.25. The second-order valence-corrected chi connectivity index (χ2v) is 8.65. The molecule has 0 aliphatic heterocycles. The lowest BCUT2D eigenvalue weighted by Crippen LogP contribution is -2.10. The third-order valence-corrected chi connectivity index (χ3v) is 5.26. The molecule has 0 amide bonds. The SMILES string of the molecule is Cc1ccnn1Cc1nnc(SCc2nc(-c3ccc(C(C)(C)C)cc3)no2)o1. The molecule has 0 N–H and O–H groups in total. The maximum absolute atomic E-state index is 5.66. The van der Waals surface area contributed by atoms with Gasteiger partial charge in [0.05, 0.1) is 5.75 Å². The lowest BCUT2D eigenvalue weighted by Gasteiger charge is -2.18. The fraction of sp³-hybridized carbons (Fsp3) is 0.350. The molecule has 0 saturated carbocycles. The van der Waals surface area contributed by atoms with Crippen molar-refractivity contribution in [3.05, 3.63) is 59.6 Å². The summed E-state index contributed by atoms with van der Waals surface area (Å²) < 4.78 is 12.8. The quantitative estimate of drug-likeness (QED) is 0.435. The van der Waals surface area contributed by atoms with Gasteiger partial charge in [-0.1, -0.05) is 62.0 Å². The molecule has 0 spiro atoms. The van der Waals surface area contributed by atoms with Gasteiger partial charge in [-0.15, -0.1) is 10.2 Å². The number of aromatic nitrogens is 6. The molecule has 0 bridgehead atoms. The van der Waals surface area contributed by atoms with Gasteiger partial charge >= 0.3 is 0 Å². The molecular formula is C20H22N6O2S. The molecular weight excluding hydrogens is 388 g/mol. The molecule has 3 aromatic heterocycles. The van der Waals surface area contributed by atoms with Crippen molar-refractivity contribution in [1.29, 1.82) is 0 Å².